The second-order valence-corrected chi connectivity index (χ2v) is 5.95. The monoisotopic (exact) mass is 371 g/mol. The lowest BCUT2D eigenvalue weighted by Crippen LogP contribution is -2.62. The number of methoxy groups -OCH3 is 3. The van der Waals surface area contributed by atoms with Gasteiger partial charge in [-0.05, 0) is 29.8 Å². The summed E-state index contributed by atoms with van der Waals surface area (Å²) in [6.45, 7) is -0.150. The molecule has 7 nitrogen and oxygen atoms in total. The lowest BCUT2D eigenvalue weighted by atomic mass is 9.90. The Morgan fingerprint density at radius 2 is 1.70 bits per heavy atom. The Hall–Kier alpha value is -3.22. The van der Waals surface area contributed by atoms with Crippen LogP contribution in [0.5, 0.6) is 17.2 Å². The number of carbonyl (C=O) groups is 2. The zero-order valence-electron chi connectivity index (χ0n) is 15.4. The molecule has 1 saturated heterocycles. The topological polar surface area (TPSA) is 74.3 Å². The van der Waals surface area contributed by atoms with Crippen molar-refractivity contribution >= 4 is 11.9 Å². The summed E-state index contributed by atoms with van der Waals surface area (Å²) in [7, 11) is 4.38. The maximum absolute atomic E-state index is 12.6. The molecule has 0 aliphatic carbocycles. The molecule has 0 radical (unpaired) electrons. The zero-order chi connectivity index (χ0) is 19.4. The van der Waals surface area contributed by atoms with Gasteiger partial charge in [-0.15, -0.1) is 0 Å². The summed E-state index contributed by atoms with van der Waals surface area (Å²) in [5.74, 6) is 0.924. The molecule has 0 bridgehead atoms. The molecule has 0 saturated carbocycles. The third kappa shape index (κ3) is 3.67. The maximum atomic E-state index is 12.6. The molecule has 2 aromatic rings. The van der Waals surface area contributed by atoms with Gasteiger partial charge in [0, 0.05) is 0 Å². The molecular weight excluding hydrogens is 350 g/mol. The molecule has 27 heavy (non-hydrogen) atoms. The number of esters is 1. The van der Waals surface area contributed by atoms with Crippen LogP contribution >= 0.6 is 0 Å². The number of amides is 1. The van der Waals surface area contributed by atoms with Crippen molar-refractivity contribution in [3.05, 3.63) is 54.1 Å². The Kier molecular flexibility index (Phi) is 5.49. The predicted octanol–water partition coefficient (Wildman–Crippen LogP) is 2.21. The highest BCUT2D eigenvalue weighted by Gasteiger charge is 2.51. The molecule has 7 heteroatoms. The van der Waals surface area contributed by atoms with Gasteiger partial charge in [-0.3, -0.25) is 9.59 Å². The van der Waals surface area contributed by atoms with Crippen LogP contribution < -0.4 is 14.2 Å². The molecule has 1 fully saturated rings. The second kappa shape index (κ2) is 7.99. The molecule has 1 aliphatic rings. The highest BCUT2D eigenvalue weighted by Crippen LogP contribution is 2.40. The molecule has 1 aliphatic heterocycles. The summed E-state index contributed by atoms with van der Waals surface area (Å²) in [6, 6.07) is 14.0. The van der Waals surface area contributed by atoms with E-state index in [9.17, 15) is 9.59 Å². The number of β-lactam (4-membered cyclic amide) rings is 1. The van der Waals surface area contributed by atoms with Gasteiger partial charge in [-0.25, -0.2) is 0 Å². The molecule has 0 N–H and O–H groups in total. The van der Waals surface area contributed by atoms with Crippen LogP contribution in [-0.4, -0.2) is 50.8 Å². The molecule has 2 atom stereocenters. The Balaban J connectivity index is 1.91. The van der Waals surface area contributed by atoms with E-state index in [2.05, 4.69) is 0 Å². The average molecular weight is 371 g/mol. The predicted molar refractivity (Wildman–Crippen MR) is 96.9 cm³/mol. The quantitative estimate of drug-likeness (QED) is 0.549. The van der Waals surface area contributed by atoms with Crippen molar-refractivity contribution in [2.24, 2.45) is 0 Å². The van der Waals surface area contributed by atoms with E-state index in [0.29, 0.717) is 17.2 Å². The number of ether oxygens (including phenoxy) is 4. The number of para-hydroxylation sites is 1. The highest BCUT2D eigenvalue weighted by atomic mass is 16.5. The van der Waals surface area contributed by atoms with Gasteiger partial charge in [0.15, 0.2) is 11.5 Å². The van der Waals surface area contributed by atoms with E-state index in [-0.39, 0.29) is 12.5 Å². The normalized spacial score (nSPS) is 18.5. The third-order valence-corrected chi connectivity index (χ3v) is 4.43. The number of likely N-dealkylation sites (tertiary alicyclic amines) is 1. The summed E-state index contributed by atoms with van der Waals surface area (Å²) in [5.41, 5.74) is 0.775. The van der Waals surface area contributed by atoms with Crippen LogP contribution in [0.2, 0.25) is 0 Å². The summed E-state index contributed by atoms with van der Waals surface area (Å²) in [6.07, 6.45) is -0.741. The van der Waals surface area contributed by atoms with Crippen LogP contribution in [0.15, 0.2) is 48.5 Å². The van der Waals surface area contributed by atoms with E-state index < -0.39 is 18.1 Å². The van der Waals surface area contributed by atoms with Crippen LogP contribution in [0.4, 0.5) is 0 Å². The number of rotatable bonds is 7. The minimum Gasteiger partial charge on any atom is -0.493 e. The molecule has 0 spiro atoms. The smallest absolute Gasteiger partial charge is 0.325 e. The minimum absolute atomic E-state index is 0.150. The third-order valence-electron chi connectivity index (χ3n) is 4.43. The number of benzene rings is 2. The van der Waals surface area contributed by atoms with Crippen molar-refractivity contribution in [2.75, 3.05) is 27.9 Å². The fraction of sp³-hybridized carbons (Fsp3) is 0.300. The van der Waals surface area contributed by atoms with Crippen LogP contribution in [0.3, 0.4) is 0 Å². The van der Waals surface area contributed by atoms with Gasteiger partial charge in [0.2, 0.25) is 6.10 Å². The van der Waals surface area contributed by atoms with Crippen LogP contribution in [0.1, 0.15) is 11.6 Å². The highest BCUT2D eigenvalue weighted by molar-refractivity contribution is 5.92. The van der Waals surface area contributed by atoms with E-state index in [1.54, 1.807) is 31.4 Å². The minimum atomic E-state index is -0.741. The van der Waals surface area contributed by atoms with Gasteiger partial charge >= 0.3 is 5.97 Å². The van der Waals surface area contributed by atoms with E-state index in [4.69, 9.17) is 18.9 Å². The number of nitrogens with zero attached hydrogens (tertiary/aromatic N) is 1. The fourth-order valence-corrected chi connectivity index (χ4v) is 3.05. The van der Waals surface area contributed by atoms with Gasteiger partial charge in [-0.1, -0.05) is 24.3 Å². The van der Waals surface area contributed by atoms with Crippen LogP contribution in [0.25, 0.3) is 0 Å². The molecular formula is C20H21NO6. The molecule has 0 aromatic heterocycles. The van der Waals surface area contributed by atoms with Crippen LogP contribution in [0, 0.1) is 0 Å². The molecule has 3 rings (SSSR count). The molecule has 2 aromatic carbocycles. The molecule has 142 valence electrons. The lowest BCUT2D eigenvalue weighted by molar-refractivity contribution is -0.170. The van der Waals surface area contributed by atoms with Crippen LogP contribution in [-0.2, 0) is 14.3 Å². The Bertz CT molecular complexity index is 822. The summed E-state index contributed by atoms with van der Waals surface area (Å²) in [5, 5.41) is 0. The first-order valence-corrected chi connectivity index (χ1v) is 8.40. The van der Waals surface area contributed by atoms with Gasteiger partial charge in [-0.2, -0.15) is 0 Å². The van der Waals surface area contributed by atoms with Crippen molar-refractivity contribution in [3.8, 4) is 17.2 Å². The molecule has 1 heterocycles. The fourth-order valence-electron chi connectivity index (χ4n) is 3.05. The maximum Gasteiger partial charge on any atom is 0.325 e. The van der Waals surface area contributed by atoms with E-state index in [0.717, 1.165) is 5.56 Å². The first-order valence-electron chi connectivity index (χ1n) is 8.40. The first kappa shape index (κ1) is 18.6. The van der Waals surface area contributed by atoms with Crippen molar-refractivity contribution in [3.63, 3.8) is 0 Å². The summed E-state index contributed by atoms with van der Waals surface area (Å²) < 4.78 is 21.2. The lowest BCUT2D eigenvalue weighted by Gasteiger charge is -2.46. The van der Waals surface area contributed by atoms with Crippen molar-refractivity contribution in [1.82, 2.24) is 4.90 Å². The number of carbonyl (C=O) groups excluding carboxylic acids is 2. The molecule has 1 amide bonds. The van der Waals surface area contributed by atoms with Gasteiger partial charge in [0.1, 0.15) is 18.3 Å². The van der Waals surface area contributed by atoms with Gasteiger partial charge in [0.05, 0.1) is 21.3 Å². The van der Waals surface area contributed by atoms with Crippen molar-refractivity contribution in [1.29, 1.82) is 0 Å². The summed E-state index contributed by atoms with van der Waals surface area (Å²) >= 11 is 0. The van der Waals surface area contributed by atoms with Gasteiger partial charge < -0.3 is 23.8 Å². The second-order valence-electron chi connectivity index (χ2n) is 5.95. The zero-order valence-corrected chi connectivity index (χ0v) is 15.4. The Morgan fingerprint density at radius 3 is 2.33 bits per heavy atom. The van der Waals surface area contributed by atoms with Crippen molar-refractivity contribution in [2.45, 2.75) is 12.1 Å². The number of hydrogen-bond acceptors (Lipinski definition) is 6. The standard InChI is InChI=1S/C20H21NO6/c1-24-15-10-9-13(11-16(15)25-2)18-19(27-14-7-5-4-6-8-14)20(23)21(18)12-17(22)26-3/h4-11,18-19H,12H2,1-3H3/t18-,19+/m1/s1. The van der Waals surface area contributed by atoms with E-state index in [1.807, 2.05) is 24.3 Å². The average Bonchev–Trinajstić information content (AvgIpc) is 2.72. The summed E-state index contributed by atoms with van der Waals surface area (Å²) in [4.78, 5) is 25.8. The van der Waals surface area contributed by atoms with E-state index >= 15 is 0 Å². The van der Waals surface area contributed by atoms with E-state index in [1.165, 1.54) is 19.1 Å². The van der Waals surface area contributed by atoms with Gasteiger partial charge in [0.25, 0.3) is 5.91 Å². The largest absolute Gasteiger partial charge is 0.493 e. The Morgan fingerprint density at radius 1 is 1.00 bits per heavy atom. The number of hydrogen-bond donors (Lipinski definition) is 0. The molecule has 0 unspecified atom stereocenters. The first-order chi connectivity index (χ1) is 13.1. The van der Waals surface area contributed by atoms with Crippen molar-refractivity contribution < 1.29 is 28.5 Å². The Labute approximate surface area is 157 Å². The SMILES string of the molecule is COC(=O)CN1C(=O)[C@@H](Oc2ccccc2)[C@H]1c1ccc(OC)c(OC)c1.